The molecule has 4 heterocycles. The lowest BCUT2D eigenvalue weighted by Gasteiger charge is -2.20. The minimum atomic E-state index is 0.0367. The van der Waals surface area contributed by atoms with Gasteiger partial charge in [0.1, 0.15) is 6.33 Å². The van der Waals surface area contributed by atoms with Gasteiger partial charge < -0.3 is 9.64 Å². The van der Waals surface area contributed by atoms with Crippen molar-refractivity contribution >= 4 is 5.91 Å². The van der Waals surface area contributed by atoms with E-state index in [-0.39, 0.29) is 5.91 Å². The Morgan fingerprint density at radius 3 is 2.96 bits per heavy atom. The zero-order chi connectivity index (χ0) is 16.4. The van der Waals surface area contributed by atoms with Gasteiger partial charge in [-0.1, -0.05) is 0 Å². The molecule has 2 aromatic rings. The van der Waals surface area contributed by atoms with Crippen LogP contribution in [-0.2, 0) is 17.6 Å². The minimum absolute atomic E-state index is 0.0367. The molecule has 0 radical (unpaired) electrons. The molecule has 2 aromatic heterocycles. The van der Waals surface area contributed by atoms with Gasteiger partial charge in [0.2, 0.25) is 0 Å². The lowest BCUT2D eigenvalue weighted by molar-refractivity contribution is 0.0762. The number of nitrogens with zero attached hydrogens (tertiary/aromatic N) is 4. The van der Waals surface area contributed by atoms with E-state index in [1.165, 1.54) is 5.56 Å². The van der Waals surface area contributed by atoms with E-state index in [9.17, 15) is 4.79 Å². The molecule has 2 aliphatic rings. The topological polar surface area (TPSA) is 68.2 Å². The van der Waals surface area contributed by atoms with Crippen molar-refractivity contribution in [3.63, 3.8) is 0 Å². The smallest absolute Gasteiger partial charge is 0.255 e. The van der Waals surface area contributed by atoms with Crippen molar-refractivity contribution in [3.05, 3.63) is 53.4 Å². The van der Waals surface area contributed by atoms with Gasteiger partial charge in [-0.25, -0.2) is 9.97 Å². The predicted molar refractivity (Wildman–Crippen MR) is 87.8 cm³/mol. The zero-order valence-corrected chi connectivity index (χ0v) is 13.5. The van der Waals surface area contributed by atoms with Crippen molar-refractivity contribution in [2.24, 2.45) is 0 Å². The van der Waals surface area contributed by atoms with Crippen LogP contribution in [0.25, 0.3) is 0 Å². The van der Waals surface area contributed by atoms with Crippen LogP contribution < -0.4 is 0 Å². The SMILES string of the molecule is O=C(c1cccnc1)N1CCc2ncnc([C@@H]3CCOC3)c2CC1. The van der Waals surface area contributed by atoms with Crippen LogP contribution >= 0.6 is 0 Å². The summed E-state index contributed by atoms with van der Waals surface area (Å²) in [7, 11) is 0. The van der Waals surface area contributed by atoms with Crippen LogP contribution in [0.2, 0.25) is 0 Å². The summed E-state index contributed by atoms with van der Waals surface area (Å²) in [4.78, 5) is 27.6. The molecule has 0 N–H and O–H groups in total. The third-order valence-corrected chi connectivity index (χ3v) is 4.83. The summed E-state index contributed by atoms with van der Waals surface area (Å²) in [6.45, 7) is 2.91. The van der Waals surface area contributed by atoms with Gasteiger partial charge in [-0.05, 0) is 30.5 Å². The van der Waals surface area contributed by atoms with Gasteiger partial charge >= 0.3 is 0 Å². The first-order valence-corrected chi connectivity index (χ1v) is 8.42. The van der Waals surface area contributed by atoms with Gasteiger partial charge in [-0.15, -0.1) is 0 Å². The lowest BCUT2D eigenvalue weighted by Crippen LogP contribution is -2.33. The molecule has 124 valence electrons. The van der Waals surface area contributed by atoms with Gasteiger partial charge in [0.05, 0.1) is 17.9 Å². The third kappa shape index (κ3) is 2.89. The van der Waals surface area contributed by atoms with Crippen molar-refractivity contribution in [2.75, 3.05) is 26.3 Å². The van der Waals surface area contributed by atoms with E-state index in [4.69, 9.17) is 4.74 Å². The number of carbonyl (C=O) groups excluding carboxylic acids is 1. The Hall–Kier alpha value is -2.34. The van der Waals surface area contributed by atoms with Gasteiger partial charge in [0.25, 0.3) is 5.91 Å². The minimum Gasteiger partial charge on any atom is -0.381 e. The summed E-state index contributed by atoms with van der Waals surface area (Å²) in [5, 5.41) is 0. The van der Waals surface area contributed by atoms with E-state index in [0.717, 1.165) is 43.9 Å². The molecule has 1 amide bonds. The van der Waals surface area contributed by atoms with Gasteiger partial charge in [-0.3, -0.25) is 9.78 Å². The molecule has 4 rings (SSSR count). The van der Waals surface area contributed by atoms with Crippen molar-refractivity contribution in [1.82, 2.24) is 19.9 Å². The van der Waals surface area contributed by atoms with E-state index < -0.39 is 0 Å². The van der Waals surface area contributed by atoms with Crippen LogP contribution in [0.3, 0.4) is 0 Å². The van der Waals surface area contributed by atoms with Gasteiger partial charge in [-0.2, -0.15) is 0 Å². The molecule has 0 saturated carbocycles. The number of hydrogen-bond donors (Lipinski definition) is 0. The second kappa shape index (κ2) is 6.65. The molecule has 2 aliphatic heterocycles. The fraction of sp³-hybridized carbons (Fsp3) is 0.444. The largest absolute Gasteiger partial charge is 0.381 e. The summed E-state index contributed by atoms with van der Waals surface area (Å²) in [5.74, 6) is 0.400. The maximum atomic E-state index is 12.7. The number of ether oxygens (including phenoxy) is 1. The Morgan fingerprint density at radius 2 is 2.17 bits per heavy atom. The lowest BCUT2D eigenvalue weighted by atomic mass is 9.96. The Morgan fingerprint density at radius 1 is 1.25 bits per heavy atom. The summed E-state index contributed by atoms with van der Waals surface area (Å²) in [6.07, 6.45) is 7.55. The van der Waals surface area contributed by atoms with Crippen molar-refractivity contribution < 1.29 is 9.53 Å². The Balaban J connectivity index is 1.56. The normalized spacial score (nSPS) is 20.5. The molecule has 0 aromatic carbocycles. The van der Waals surface area contributed by atoms with Crippen LogP contribution in [0, 0.1) is 0 Å². The molecule has 24 heavy (non-hydrogen) atoms. The van der Waals surface area contributed by atoms with Crippen LogP contribution in [0.5, 0.6) is 0 Å². The maximum Gasteiger partial charge on any atom is 0.255 e. The first-order chi connectivity index (χ1) is 11.8. The zero-order valence-electron chi connectivity index (χ0n) is 13.5. The molecule has 6 heteroatoms. The molecule has 1 saturated heterocycles. The molecular weight excluding hydrogens is 304 g/mol. The van der Waals surface area contributed by atoms with Crippen LogP contribution in [0.1, 0.15) is 39.6 Å². The summed E-state index contributed by atoms with van der Waals surface area (Å²) in [5.41, 5.74) is 4.05. The fourth-order valence-corrected chi connectivity index (χ4v) is 3.53. The van der Waals surface area contributed by atoms with E-state index in [2.05, 4.69) is 15.0 Å². The predicted octanol–water partition coefficient (Wildman–Crippen LogP) is 1.62. The van der Waals surface area contributed by atoms with E-state index in [1.54, 1.807) is 24.8 Å². The number of hydrogen-bond acceptors (Lipinski definition) is 5. The molecule has 1 atom stereocenters. The first kappa shape index (κ1) is 15.2. The highest BCUT2D eigenvalue weighted by molar-refractivity contribution is 5.93. The van der Waals surface area contributed by atoms with E-state index in [0.29, 0.717) is 24.6 Å². The standard InChI is InChI=1S/C18H20N4O2/c23-18(13-2-1-6-19-10-13)22-7-3-15-16(4-8-22)20-12-21-17(15)14-5-9-24-11-14/h1-2,6,10,12,14H,3-5,7-9,11H2/t14-/m1/s1. The summed E-state index contributed by atoms with van der Waals surface area (Å²) < 4.78 is 5.52. The van der Waals surface area contributed by atoms with Crippen molar-refractivity contribution in [1.29, 1.82) is 0 Å². The number of rotatable bonds is 2. The number of aromatic nitrogens is 3. The Kier molecular flexibility index (Phi) is 4.21. The average molecular weight is 324 g/mol. The second-order valence-corrected chi connectivity index (χ2v) is 6.28. The highest BCUT2D eigenvalue weighted by Crippen LogP contribution is 2.29. The van der Waals surface area contributed by atoms with Crippen LogP contribution in [-0.4, -0.2) is 52.1 Å². The molecule has 1 fully saturated rings. The average Bonchev–Trinajstić information content (AvgIpc) is 3.08. The molecular formula is C18H20N4O2. The molecule has 0 unspecified atom stereocenters. The Labute approximate surface area is 140 Å². The quantitative estimate of drug-likeness (QED) is 0.839. The number of carbonyl (C=O) groups is 1. The van der Waals surface area contributed by atoms with Crippen LogP contribution in [0.4, 0.5) is 0 Å². The Bertz CT molecular complexity index is 729. The fourth-order valence-electron chi connectivity index (χ4n) is 3.53. The highest BCUT2D eigenvalue weighted by atomic mass is 16.5. The third-order valence-electron chi connectivity index (χ3n) is 4.83. The van der Waals surface area contributed by atoms with Gasteiger partial charge in [0.15, 0.2) is 0 Å². The van der Waals surface area contributed by atoms with Crippen LogP contribution in [0.15, 0.2) is 30.9 Å². The second-order valence-electron chi connectivity index (χ2n) is 6.28. The molecule has 0 aliphatic carbocycles. The summed E-state index contributed by atoms with van der Waals surface area (Å²) >= 11 is 0. The van der Waals surface area contributed by atoms with Crippen molar-refractivity contribution in [3.8, 4) is 0 Å². The van der Waals surface area contributed by atoms with Crippen molar-refractivity contribution in [2.45, 2.75) is 25.2 Å². The first-order valence-electron chi connectivity index (χ1n) is 8.42. The maximum absolute atomic E-state index is 12.7. The molecule has 6 nitrogen and oxygen atoms in total. The number of fused-ring (bicyclic) bond motifs is 1. The van der Waals surface area contributed by atoms with Gasteiger partial charge in [0, 0.05) is 50.1 Å². The molecule has 0 bridgehead atoms. The summed E-state index contributed by atoms with van der Waals surface area (Å²) in [6, 6.07) is 3.61. The monoisotopic (exact) mass is 324 g/mol. The van der Waals surface area contributed by atoms with E-state index in [1.807, 2.05) is 11.0 Å². The highest BCUT2D eigenvalue weighted by Gasteiger charge is 2.27. The van der Waals surface area contributed by atoms with E-state index >= 15 is 0 Å². The number of pyridine rings is 1. The number of amides is 1. The molecule has 0 spiro atoms.